The lowest BCUT2D eigenvalue weighted by atomic mass is 9.91. The highest BCUT2D eigenvalue weighted by atomic mass is 32.2. The predicted molar refractivity (Wildman–Crippen MR) is 159 cm³/mol. The van der Waals surface area contributed by atoms with Crippen LogP contribution in [0.3, 0.4) is 0 Å². The van der Waals surface area contributed by atoms with E-state index in [1.54, 1.807) is 0 Å². The average Bonchev–Trinajstić information content (AvgIpc) is 3.80. The molecule has 6 heteroatoms. The van der Waals surface area contributed by atoms with Crippen LogP contribution in [0.1, 0.15) is 54.4 Å². The van der Waals surface area contributed by atoms with Crippen LogP contribution in [0.5, 0.6) is 5.75 Å². The molecule has 2 N–H and O–H groups in total. The van der Waals surface area contributed by atoms with Crippen molar-refractivity contribution >= 4 is 22.5 Å². The fourth-order valence-electron chi connectivity index (χ4n) is 5.46. The van der Waals surface area contributed by atoms with Crippen LogP contribution in [0.2, 0.25) is 0 Å². The molecule has 1 heterocycles. The van der Waals surface area contributed by atoms with Gasteiger partial charge >= 0.3 is 5.97 Å². The second kappa shape index (κ2) is 12.8. The molecular weight excluding hydrogens is 506 g/mol. The highest BCUT2D eigenvalue weighted by Crippen LogP contribution is 2.38. The van der Waals surface area contributed by atoms with E-state index < -0.39 is 16.8 Å². The third kappa shape index (κ3) is 7.51. The minimum atomic E-state index is -0.630. The monoisotopic (exact) mass is 545 g/mol. The summed E-state index contributed by atoms with van der Waals surface area (Å²) < 4.78 is 17.9. The molecule has 2 fully saturated rings. The number of carboxylic acids is 1. The summed E-state index contributed by atoms with van der Waals surface area (Å²) in [5.74, 6) is 2.57. The maximum Gasteiger partial charge on any atom is 0.306 e. The van der Waals surface area contributed by atoms with Crippen molar-refractivity contribution in [3.63, 3.8) is 0 Å². The Morgan fingerprint density at radius 3 is 2.41 bits per heavy atom. The summed E-state index contributed by atoms with van der Waals surface area (Å²) in [5.41, 5.74) is 9.38. The molecule has 0 aromatic heterocycles. The summed E-state index contributed by atoms with van der Waals surface area (Å²) >= 11 is 0. The summed E-state index contributed by atoms with van der Waals surface area (Å²) in [4.78, 5) is 9.76. The largest absolute Gasteiger partial charge is 0.493 e. The molecule has 3 aromatic carbocycles. The number of aliphatic carboxylic acids is 1. The van der Waals surface area contributed by atoms with Crippen LogP contribution in [0.15, 0.2) is 60.7 Å². The molecule has 206 valence electrons. The Balaban J connectivity index is 0.000000455. The fourth-order valence-corrected chi connectivity index (χ4v) is 6.85. The number of aryl methyl sites for hydroxylation is 3. The smallest absolute Gasteiger partial charge is 0.306 e. The van der Waals surface area contributed by atoms with E-state index in [4.69, 9.17) is 9.84 Å². The first kappa shape index (κ1) is 27.4. The lowest BCUT2D eigenvalue weighted by Gasteiger charge is -2.22. The first-order valence-electron chi connectivity index (χ1n) is 14.2. The lowest BCUT2D eigenvalue weighted by Crippen LogP contribution is -2.23. The lowest BCUT2D eigenvalue weighted by molar-refractivity contribution is -0.138. The van der Waals surface area contributed by atoms with Gasteiger partial charge in [0.25, 0.3) is 0 Å². The fraction of sp³-hybridized carbons (Fsp3) is 0.424. The minimum Gasteiger partial charge on any atom is -0.493 e. The summed E-state index contributed by atoms with van der Waals surface area (Å²) in [6.45, 7) is 3.78. The van der Waals surface area contributed by atoms with Crippen LogP contribution >= 0.6 is 0 Å². The summed E-state index contributed by atoms with van der Waals surface area (Å²) in [6.07, 6.45) is 7.20. The van der Waals surface area contributed by atoms with Gasteiger partial charge in [-0.2, -0.15) is 0 Å². The third-order valence-corrected chi connectivity index (χ3v) is 9.30. The molecule has 0 unspecified atom stereocenters. The summed E-state index contributed by atoms with van der Waals surface area (Å²) in [7, 11) is -0.612. The van der Waals surface area contributed by atoms with Crippen LogP contribution in [0.4, 0.5) is 5.69 Å². The molecule has 0 radical (unpaired) electrons. The number of fused-ring (bicyclic) bond motifs is 3. The molecule has 0 spiro atoms. The van der Waals surface area contributed by atoms with Crippen LogP contribution < -0.4 is 10.1 Å². The van der Waals surface area contributed by atoms with Gasteiger partial charge in [0, 0.05) is 34.5 Å². The van der Waals surface area contributed by atoms with Gasteiger partial charge in [-0.1, -0.05) is 30.3 Å². The molecule has 3 aromatic rings. The van der Waals surface area contributed by atoms with Crippen LogP contribution in [-0.4, -0.2) is 33.4 Å². The van der Waals surface area contributed by atoms with Gasteiger partial charge in [-0.3, -0.25) is 9.00 Å². The highest BCUT2D eigenvalue weighted by Gasteiger charge is 2.28. The molecule has 39 heavy (non-hydrogen) atoms. The second-order valence-electron chi connectivity index (χ2n) is 11.1. The minimum absolute atomic E-state index is 0.0185. The van der Waals surface area contributed by atoms with E-state index in [1.807, 2.05) is 6.07 Å². The van der Waals surface area contributed by atoms with Crippen molar-refractivity contribution in [2.24, 2.45) is 11.8 Å². The summed E-state index contributed by atoms with van der Waals surface area (Å²) in [5, 5.41) is 11.6. The van der Waals surface area contributed by atoms with Crippen LogP contribution in [0, 0.1) is 18.8 Å². The van der Waals surface area contributed by atoms with Gasteiger partial charge in [-0.15, -0.1) is 0 Å². The van der Waals surface area contributed by atoms with Gasteiger partial charge in [0.2, 0.25) is 0 Å². The number of para-hydroxylation sites is 1. The zero-order valence-corrected chi connectivity index (χ0v) is 23.6. The standard InChI is InChI=1S/C29H33NO2S.C4H6O2/c1-21-16-27(32-20-22-12-14-33(31)15-13-22)18-25-7-5-6-24-11-10-23(17-28(24)29(21)25)19-30-26-8-3-2-4-9-26;5-4(6)3-1-2-3/h2-4,8-11,16-18,22,30H,5-7,12-15,19-20H2,1H3;3H,1-2H2,(H,5,6). The number of carboxylic acid groups (broad SMARTS) is 1. The number of benzene rings is 3. The topological polar surface area (TPSA) is 75.6 Å². The molecule has 2 aliphatic carbocycles. The molecule has 0 amide bonds. The Labute approximate surface area is 234 Å². The van der Waals surface area contributed by atoms with Crippen molar-refractivity contribution in [3.8, 4) is 16.9 Å². The number of hydrogen-bond donors (Lipinski definition) is 2. The van der Waals surface area contributed by atoms with Gasteiger partial charge in [0.15, 0.2) is 0 Å². The van der Waals surface area contributed by atoms with Crippen molar-refractivity contribution in [3.05, 3.63) is 82.9 Å². The number of nitrogens with one attached hydrogen (secondary N) is 1. The number of rotatable bonds is 7. The summed E-state index contributed by atoms with van der Waals surface area (Å²) in [6, 6.07) is 21.8. The van der Waals surface area contributed by atoms with E-state index in [2.05, 4.69) is 66.8 Å². The normalized spacial score (nSPS) is 19.9. The average molecular weight is 546 g/mol. The number of anilines is 1. The SMILES string of the molecule is Cc1cc(OCC2CCS(=O)CC2)cc2c1-c1cc(CNc3ccccc3)ccc1CCC2.O=C(O)C1CC1. The van der Waals surface area contributed by atoms with Crippen LogP contribution in [0.25, 0.3) is 11.1 Å². The van der Waals surface area contributed by atoms with E-state index in [0.717, 1.165) is 74.6 Å². The predicted octanol–water partition coefficient (Wildman–Crippen LogP) is 6.78. The molecule has 0 atom stereocenters. The molecule has 1 saturated carbocycles. The van der Waals surface area contributed by atoms with Gasteiger partial charge in [0.1, 0.15) is 5.75 Å². The second-order valence-corrected chi connectivity index (χ2v) is 12.8. The van der Waals surface area contributed by atoms with E-state index >= 15 is 0 Å². The number of carbonyl (C=O) groups is 1. The molecule has 1 saturated heterocycles. The Morgan fingerprint density at radius 2 is 1.72 bits per heavy atom. The third-order valence-electron chi connectivity index (χ3n) is 7.92. The van der Waals surface area contributed by atoms with E-state index in [1.165, 1.54) is 39.8 Å². The Bertz CT molecular complexity index is 1310. The first-order valence-corrected chi connectivity index (χ1v) is 15.7. The van der Waals surface area contributed by atoms with Gasteiger partial charge < -0.3 is 15.2 Å². The van der Waals surface area contributed by atoms with Gasteiger partial charge in [-0.05, 0) is 121 Å². The zero-order valence-electron chi connectivity index (χ0n) is 22.8. The highest BCUT2D eigenvalue weighted by molar-refractivity contribution is 7.85. The Kier molecular flexibility index (Phi) is 9.02. The van der Waals surface area contributed by atoms with E-state index in [-0.39, 0.29) is 5.92 Å². The molecule has 0 bridgehead atoms. The molecule has 5 nitrogen and oxygen atoms in total. The van der Waals surface area contributed by atoms with Gasteiger partial charge in [0.05, 0.1) is 12.5 Å². The van der Waals surface area contributed by atoms with Crippen molar-refractivity contribution in [1.82, 2.24) is 0 Å². The molecular formula is C33H39NO4S. The quantitative estimate of drug-likeness (QED) is 0.342. The van der Waals surface area contributed by atoms with Crippen molar-refractivity contribution in [2.75, 3.05) is 23.4 Å². The van der Waals surface area contributed by atoms with Crippen molar-refractivity contribution in [1.29, 1.82) is 0 Å². The van der Waals surface area contributed by atoms with Crippen molar-refractivity contribution in [2.45, 2.75) is 58.4 Å². The maximum atomic E-state index is 11.6. The van der Waals surface area contributed by atoms with E-state index in [9.17, 15) is 9.00 Å². The van der Waals surface area contributed by atoms with Crippen molar-refractivity contribution < 1.29 is 18.8 Å². The maximum absolute atomic E-state index is 11.6. The molecule has 6 rings (SSSR count). The molecule has 1 aliphatic heterocycles. The Hall–Kier alpha value is -3.12. The van der Waals surface area contributed by atoms with E-state index in [0.29, 0.717) is 5.92 Å². The molecule has 3 aliphatic rings. The number of hydrogen-bond acceptors (Lipinski definition) is 4. The van der Waals surface area contributed by atoms with Crippen LogP contribution in [-0.2, 0) is 35.0 Å². The van der Waals surface area contributed by atoms with Gasteiger partial charge in [-0.25, -0.2) is 0 Å². The first-order chi connectivity index (χ1) is 19.0. The Morgan fingerprint density at radius 1 is 0.974 bits per heavy atom. The zero-order chi connectivity index (χ0) is 27.2. The number of ether oxygens (including phenoxy) is 1.